The molecular formula is C13H19N3OS. The summed E-state index contributed by atoms with van der Waals surface area (Å²) in [6.07, 6.45) is 2.34. The lowest BCUT2D eigenvalue weighted by Crippen LogP contribution is -2.51. The Morgan fingerprint density at radius 1 is 1.44 bits per heavy atom. The monoisotopic (exact) mass is 265 g/mol. The summed E-state index contributed by atoms with van der Waals surface area (Å²) in [5.41, 5.74) is 1.26. The predicted octanol–water partition coefficient (Wildman–Crippen LogP) is 1.74. The van der Waals surface area contributed by atoms with Gasteiger partial charge >= 0.3 is 6.03 Å². The first-order valence-corrected chi connectivity index (χ1v) is 7.56. The van der Waals surface area contributed by atoms with Crippen molar-refractivity contribution in [3.8, 4) is 0 Å². The highest BCUT2D eigenvalue weighted by Gasteiger charge is 2.35. The van der Waals surface area contributed by atoms with Crippen LogP contribution in [0.4, 0.5) is 4.79 Å². The number of nitrogens with zero attached hydrogens (tertiary/aromatic N) is 2. The lowest BCUT2D eigenvalue weighted by atomic mass is 10.3. The molecular weight excluding hydrogens is 246 g/mol. The third kappa shape index (κ3) is 2.67. The smallest absolute Gasteiger partial charge is 0.320 e. The molecule has 1 N–H and O–H groups in total. The molecule has 1 saturated carbocycles. The van der Waals surface area contributed by atoms with Gasteiger partial charge < -0.3 is 15.1 Å². The standard InChI is InChI=1S/C13H19N3OS/c17-13(15-6-4-14-5-7-15)16(12-1-2-12)9-11-3-8-18-10-11/h3,8,10,12,14H,1-2,4-7,9H2. The van der Waals surface area contributed by atoms with Gasteiger partial charge in [-0.3, -0.25) is 0 Å². The van der Waals surface area contributed by atoms with Gasteiger partial charge in [0.15, 0.2) is 0 Å². The van der Waals surface area contributed by atoms with Gasteiger partial charge in [0, 0.05) is 38.8 Å². The van der Waals surface area contributed by atoms with Crippen molar-refractivity contribution < 1.29 is 4.79 Å². The van der Waals surface area contributed by atoms with Gasteiger partial charge in [0.25, 0.3) is 0 Å². The number of urea groups is 1. The lowest BCUT2D eigenvalue weighted by molar-refractivity contribution is 0.141. The molecule has 1 saturated heterocycles. The Morgan fingerprint density at radius 2 is 2.22 bits per heavy atom. The Morgan fingerprint density at radius 3 is 2.83 bits per heavy atom. The normalized spacial score (nSPS) is 19.9. The molecule has 0 bridgehead atoms. The number of carbonyl (C=O) groups is 1. The van der Waals surface area contributed by atoms with Gasteiger partial charge in [0.05, 0.1) is 0 Å². The van der Waals surface area contributed by atoms with Gasteiger partial charge in [-0.15, -0.1) is 0 Å². The van der Waals surface area contributed by atoms with Gasteiger partial charge in [-0.1, -0.05) is 0 Å². The quantitative estimate of drug-likeness (QED) is 0.903. The van der Waals surface area contributed by atoms with Crippen LogP contribution in [0.15, 0.2) is 16.8 Å². The van der Waals surface area contributed by atoms with E-state index >= 15 is 0 Å². The van der Waals surface area contributed by atoms with Crippen LogP contribution in [0.2, 0.25) is 0 Å². The largest absolute Gasteiger partial charge is 0.322 e. The van der Waals surface area contributed by atoms with Crippen molar-refractivity contribution in [3.63, 3.8) is 0 Å². The average Bonchev–Trinajstić information content (AvgIpc) is 3.13. The van der Waals surface area contributed by atoms with E-state index in [-0.39, 0.29) is 6.03 Å². The Bertz CT molecular complexity index is 396. The van der Waals surface area contributed by atoms with E-state index in [1.165, 1.54) is 18.4 Å². The maximum atomic E-state index is 12.5. The van der Waals surface area contributed by atoms with Crippen molar-refractivity contribution in [2.24, 2.45) is 0 Å². The maximum absolute atomic E-state index is 12.5. The molecule has 1 aromatic heterocycles. The number of amides is 2. The van der Waals surface area contributed by atoms with Crippen molar-refractivity contribution in [2.75, 3.05) is 26.2 Å². The van der Waals surface area contributed by atoms with E-state index in [9.17, 15) is 4.79 Å². The third-order valence-electron chi connectivity index (χ3n) is 3.55. The Kier molecular flexibility index (Phi) is 3.52. The van der Waals surface area contributed by atoms with E-state index < -0.39 is 0 Å². The van der Waals surface area contributed by atoms with Crippen LogP contribution in [0, 0.1) is 0 Å². The van der Waals surface area contributed by atoms with Crippen LogP contribution in [0.1, 0.15) is 18.4 Å². The average molecular weight is 265 g/mol. The molecule has 5 heteroatoms. The highest BCUT2D eigenvalue weighted by Crippen LogP contribution is 2.29. The van der Waals surface area contributed by atoms with Gasteiger partial charge in [0.2, 0.25) is 0 Å². The molecule has 0 spiro atoms. The summed E-state index contributed by atoms with van der Waals surface area (Å²) in [5.74, 6) is 0. The van der Waals surface area contributed by atoms with E-state index in [4.69, 9.17) is 0 Å². The Balaban J connectivity index is 1.66. The Labute approximate surface area is 112 Å². The third-order valence-corrected chi connectivity index (χ3v) is 4.29. The molecule has 1 aromatic rings. The zero-order valence-electron chi connectivity index (χ0n) is 10.5. The van der Waals surface area contributed by atoms with Crippen LogP contribution in [-0.4, -0.2) is 48.1 Å². The summed E-state index contributed by atoms with van der Waals surface area (Å²) < 4.78 is 0. The zero-order chi connectivity index (χ0) is 12.4. The van der Waals surface area contributed by atoms with E-state index in [2.05, 4.69) is 27.0 Å². The predicted molar refractivity (Wildman–Crippen MR) is 72.7 cm³/mol. The van der Waals surface area contributed by atoms with Gasteiger partial charge in [-0.25, -0.2) is 4.79 Å². The number of hydrogen-bond donors (Lipinski definition) is 1. The molecule has 4 nitrogen and oxygen atoms in total. The lowest BCUT2D eigenvalue weighted by Gasteiger charge is -2.33. The van der Waals surface area contributed by atoms with Crippen LogP contribution < -0.4 is 5.32 Å². The molecule has 3 rings (SSSR count). The van der Waals surface area contributed by atoms with Gasteiger partial charge in [-0.2, -0.15) is 11.3 Å². The number of nitrogens with one attached hydrogen (secondary N) is 1. The molecule has 2 heterocycles. The van der Waals surface area contributed by atoms with Crippen molar-refractivity contribution in [1.29, 1.82) is 0 Å². The Hall–Kier alpha value is -1.07. The molecule has 2 fully saturated rings. The van der Waals surface area contributed by atoms with Crippen LogP contribution in [0.3, 0.4) is 0 Å². The molecule has 1 aliphatic heterocycles. The maximum Gasteiger partial charge on any atom is 0.320 e. The SMILES string of the molecule is O=C(N1CCNCC1)N(Cc1ccsc1)C1CC1. The number of piperazine rings is 1. The summed E-state index contributed by atoms with van der Waals surface area (Å²) in [6, 6.07) is 2.82. The number of hydrogen-bond acceptors (Lipinski definition) is 3. The van der Waals surface area contributed by atoms with Gasteiger partial charge in [-0.05, 0) is 35.2 Å². The van der Waals surface area contributed by atoms with Crippen LogP contribution in [0.5, 0.6) is 0 Å². The van der Waals surface area contributed by atoms with Crippen molar-refractivity contribution in [1.82, 2.24) is 15.1 Å². The van der Waals surface area contributed by atoms with Crippen molar-refractivity contribution >= 4 is 17.4 Å². The fourth-order valence-corrected chi connectivity index (χ4v) is 3.02. The number of carbonyl (C=O) groups excluding carboxylic acids is 1. The van der Waals surface area contributed by atoms with Crippen LogP contribution in [-0.2, 0) is 6.54 Å². The molecule has 0 radical (unpaired) electrons. The molecule has 2 aliphatic rings. The first kappa shape index (κ1) is 12.0. The molecule has 0 aromatic carbocycles. The second-order valence-corrected chi connectivity index (χ2v) is 5.79. The summed E-state index contributed by atoms with van der Waals surface area (Å²) in [4.78, 5) is 16.6. The minimum atomic E-state index is 0.227. The minimum absolute atomic E-state index is 0.227. The molecule has 0 atom stereocenters. The second kappa shape index (κ2) is 5.28. The van der Waals surface area contributed by atoms with E-state index in [0.717, 1.165) is 32.7 Å². The van der Waals surface area contributed by atoms with Crippen LogP contribution >= 0.6 is 11.3 Å². The van der Waals surface area contributed by atoms with E-state index in [1.54, 1.807) is 11.3 Å². The fourth-order valence-electron chi connectivity index (χ4n) is 2.36. The first-order valence-electron chi connectivity index (χ1n) is 6.62. The van der Waals surface area contributed by atoms with Crippen LogP contribution in [0.25, 0.3) is 0 Å². The first-order chi connectivity index (χ1) is 8.84. The van der Waals surface area contributed by atoms with Crippen molar-refractivity contribution in [3.05, 3.63) is 22.4 Å². The number of thiophene rings is 1. The molecule has 1 aliphatic carbocycles. The number of rotatable bonds is 3. The summed E-state index contributed by atoms with van der Waals surface area (Å²) in [5, 5.41) is 7.51. The topological polar surface area (TPSA) is 35.6 Å². The highest BCUT2D eigenvalue weighted by molar-refractivity contribution is 7.07. The van der Waals surface area contributed by atoms with E-state index in [1.807, 2.05) is 4.90 Å². The molecule has 98 valence electrons. The molecule has 18 heavy (non-hydrogen) atoms. The zero-order valence-corrected chi connectivity index (χ0v) is 11.3. The summed E-state index contributed by atoms with van der Waals surface area (Å²) >= 11 is 1.70. The fraction of sp³-hybridized carbons (Fsp3) is 0.615. The summed E-state index contributed by atoms with van der Waals surface area (Å²) in [6.45, 7) is 4.29. The molecule has 2 amide bonds. The highest BCUT2D eigenvalue weighted by atomic mass is 32.1. The minimum Gasteiger partial charge on any atom is -0.322 e. The summed E-state index contributed by atoms with van der Waals surface area (Å²) in [7, 11) is 0. The van der Waals surface area contributed by atoms with E-state index in [0.29, 0.717) is 6.04 Å². The second-order valence-electron chi connectivity index (χ2n) is 5.01. The molecule has 0 unspecified atom stereocenters. The van der Waals surface area contributed by atoms with Crippen molar-refractivity contribution in [2.45, 2.75) is 25.4 Å². The van der Waals surface area contributed by atoms with Gasteiger partial charge in [0.1, 0.15) is 0 Å².